The minimum Gasteiger partial charge on any atom is -0.508 e. The van der Waals surface area contributed by atoms with Gasteiger partial charge in [-0.2, -0.15) is 0 Å². The Balaban J connectivity index is 2.31. The van der Waals surface area contributed by atoms with Crippen LogP contribution in [0, 0.1) is 0 Å². The second kappa shape index (κ2) is 4.17. The smallest absolute Gasteiger partial charge is 0.141 e. The van der Waals surface area contributed by atoms with E-state index in [1.54, 1.807) is 18.2 Å². The third kappa shape index (κ3) is 1.90. The maximum Gasteiger partial charge on any atom is 0.141 e. The van der Waals surface area contributed by atoms with Crippen molar-refractivity contribution in [1.82, 2.24) is 9.55 Å². The van der Waals surface area contributed by atoms with E-state index >= 15 is 0 Å². The molecule has 1 heterocycles. The Labute approximate surface area is 114 Å². The van der Waals surface area contributed by atoms with Crippen molar-refractivity contribution in [2.45, 2.75) is 0 Å². The van der Waals surface area contributed by atoms with E-state index in [0.29, 0.717) is 16.4 Å². The van der Waals surface area contributed by atoms with Gasteiger partial charge in [0.25, 0.3) is 0 Å². The minimum atomic E-state index is -0.00634. The molecule has 0 saturated carbocycles. The number of nitrogens with zero attached hydrogens (tertiary/aromatic N) is 2. The van der Waals surface area contributed by atoms with E-state index in [1.165, 1.54) is 6.07 Å². The average Bonchev–Trinajstić information content (AvgIpc) is 2.67. The lowest BCUT2D eigenvalue weighted by atomic mass is 10.2. The van der Waals surface area contributed by atoms with Gasteiger partial charge in [-0.25, -0.2) is 4.98 Å². The molecular weight excluding hydrogens is 264 g/mol. The van der Waals surface area contributed by atoms with Crippen LogP contribution in [0.3, 0.4) is 0 Å². The van der Waals surface area contributed by atoms with Crippen LogP contribution in [0.5, 0.6) is 11.5 Å². The number of hydrogen-bond acceptors (Lipinski definition) is 3. The average molecular weight is 275 g/mol. The van der Waals surface area contributed by atoms with E-state index in [1.807, 2.05) is 23.7 Å². The van der Waals surface area contributed by atoms with E-state index in [2.05, 4.69) is 4.98 Å². The summed E-state index contributed by atoms with van der Waals surface area (Å²) in [6, 6.07) is 9.88. The quantitative estimate of drug-likeness (QED) is 0.716. The number of benzene rings is 2. The molecule has 0 aliphatic carbocycles. The Bertz CT molecular complexity index is 760. The maximum absolute atomic E-state index is 9.55. The first-order valence-corrected chi connectivity index (χ1v) is 6.08. The van der Waals surface area contributed by atoms with Crippen LogP contribution in [0.1, 0.15) is 0 Å². The number of halogens is 1. The number of phenols is 2. The number of aryl methyl sites for hydroxylation is 1. The normalized spacial score (nSPS) is 11.1. The van der Waals surface area contributed by atoms with Crippen molar-refractivity contribution in [3.05, 3.63) is 41.4 Å². The molecule has 3 rings (SSSR count). The Morgan fingerprint density at radius 1 is 1.11 bits per heavy atom. The first-order valence-electron chi connectivity index (χ1n) is 5.70. The van der Waals surface area contributed by atoms with Gasteiger partial charge in [0.15, 0.2) is 0 Å². The predicted molar refractivity (Wildman–Crippen MR) is 74.5 cm³/mol. The lowest BCUT2D eigenvalue weighted by Gasteiger charge is -2.04. The fourth-order valence-corrected chi connectivity index (χ4v) is 2.50. The van der Waals surface area contributed by atoms with E-state index in [0.717, 1.165) is 11.0 Å². The van der Waals surface area contributed by atoms with Crippen LogP contribution in [-0.2, 0) is 7.05 Å². The van der Waals surface area contributed by atoms with Gasteiger partial charge >= 0.3 is 0 Å². The van der Waals surface area contributed by atoms with E-state index in [9.17, 15) is 10.2 Å². The number of hydrogen-bond donors (Lipinski definition) is 2. The summed E-state index contributed by atoms with van der Waals surface area (Å²) in [5.41, 5.74) is 2.22. The second-order valence-corrected chi connectivity index (χ2v) is 4.75. The zero-order chi connectivity index (χ0) is 13.6. The van der Waals surface area contributed by atoms with Gasteiger partial charge in [-0.3, -0.25) is 0 Å². The molecule has 0 radical (unpaired) electrons. The number of phenolic OH excluding ortho intramolecular Hbond substituents is 2. The highest BCUT2D eigenvalue weighted by Crippen LogP contribution is 2.32. The Kier molecular flexibility index (Phi) is 2.61. The molecule has 1 aromatic heterocycles. The number of aromatic nitrogens is 2. The first kappa shape index (κ1) is 11.9. The highest BCUT2D eigenvalue weighted by atomic mass is 35.5. The molecule has 0 atom stereocenters. The zero-order valence-electron chi connectivity index (χ0n) is 10.1. The molecule has 0 spiro atoms. The highest BCUT2D eigenvalue weighted by Gasteiger charge is 2.13. The van der Waals surface area contributed by atoms with E-state index in [-0.39, 0.29) is 11.5 Å². The Hall–Kier alpha value is -2.20. The molecule has 2 aromatic carbocycles. The van der Waals surface area contributed by atoms with E-state index in [4.69, 9.17) is 11.6 Å². The summed E-state index contributed by atoms with van der Waals surface area (Å²) in [5.74, 6) is 0.621. The molecule has 19 heavy (non-hydrogen) atoms. The van der Waals surface area contributed by atoms with Crippen molar-refractivity contribution in [2.75, 3.05) is 0 Å². The fraction of sp³-hybridized carbons (Fsp3) is 0.0714. The van der Waals surface area contributed by atoms with Crippen molar-refractivity contribution in [3.8, 4) is 22.9 Å². The number of fused-ring (bicyclic) bond motifs is 1. The molecule has 5 heteroatoms. The topological polar surface area (TPSA) is 58.3 Å². The number of rotatable bonds is 1. The Morgan fingerprint density at radius 3 is 2.42 bits per heavy atom. The summed E-state index contributed by atoms with van der Waals surface area (Å²) in [7, 11) is 1.84. The van der Waals surface area contributed by atoms with Crippen molar-refractivity contribution in [3.63, 3.8) is 0 Å². The van der Waals surface area contributed by atoms with Gasteiger partial charge < -0.3 is 14.8 Å². The minimum absolute atomic E-state index is 0.00634. The number of para-hydroxylation sites is 1. The lowest BCUT2D eigenvalue weighted by molar-refractivity contribution is 0.451. The van der Waals surface area contributed by atoms with Crippen LogP contribution in [0.4, 0.5) is 0 Å². The third-order valence-electron chi connectivity index (χ3n) is 3.01. The molecule has 0 bridgehead atoms. The molecule has 0 amide bonds. The van der Waals surface area contributed by atoms with Crippen molar-refractivity contribution < 1.29 is 10.2 Å². The second-order valence-electron chi connectivity index (χ2n) is 4.34. The molecule has 0 saturated heterocycles. The van der Waals surface area contributed by atoms with Gasteiger partial charge in [0.05, 0.1) is 16.1 Å². The van der Waals surface area contributed by atoms with Crippen molar-refractivity contribution in [1.29, 1.82) is 0 Å². The lowest BCUT2D eigenvalue weighted by Crippen LogP contribution is -1.92. The van der Waals surface area contributed by atoms with Gasteiger partial charge in [0.2, 0.25) is 0 Å². The third-order valence-corrected chi connectivity index (χ3v) is 3.31. The van der Waals surface area contributed by atoms with Gasteiger partial charge in [-0.05, 0) is 24.3 Å². The standard InChI is InChI=1S/C14H11ClN2O2/c1-17-13-11(15)3-2-4-12(13)16-14(17)8-5-9(18)7-10(19)6-8/h2-7,18-19H,1H3. The van der Waals surface area contributed by atoms with Gasteiger partial charge in [0.1, 0.15) is 17.3 Å². The van der Waals surface area contributed by atoms with Gasteiger partial charge in [0, 0.05) is 18.7 Å². The SMILES string of the molecule is Cn1c(-c2cc(O)cc(O)c2)nc2cccc(Cl)c21. The molecule has 0 unspecified atom stereocenters. The number of imidazole rings is 1. The Morgan fingerprint density at radius 2 is 1.79 bits per heavy atom. The summed E-state index contributed by atoms with van der Waals surface area (Å²) in [6.45, 7) is 0. The van der Waals surface area contributed by atoms with Crippen molar-refractivity contribution >= 4 is 22.6 Å². The van der Waals surface area contributed by atoms with Gasteiger partial charge in [-0.15, -0.1) is 0 Å². The maximum atomic E-state index is 9.55. The molecule has 2 N–H and O–H groups in total. The molecule has 0 aliphatic rings. The van der Waals surface area contributed by atoms with Crippen LogP contribution in [0.2, 0.25) is 5.02 Å². The van der Waals surface area contributed by atoms with Crippen LogP contribution in [0.15, 0.2) is 36.4 Å². The molecular formula is C14H11ClN2O2. The summed E-state index contributed by atoms with van der Waals surface area (Å²) in [5, 5.41) is 19.7. The van der Waals surface area contributed by atoms with Crippen LogP contribution >= 0.6 is 11.6 Å². The van der Waals surface area contributed by atoms with Crippen LogP contribution in [0.25, 0.3) is 22.4 Å². The zero-order valence-corrected chi connectivity index (χ0v) is 10.9. The molecule has 96 valence electrons. The van der Waals surface area contributed by atoms with Crippen molar-refractivity contribution in [2.24, 2.45) is 7.05 Å². The molecule has 0 fully saturated rings. The summed E-state index contributed by atoms with van der Waals surface area (Å²) >= 11 is 6.17. The first-order chi connectivity index (χ1) is 9.06. The largest absolute Gasteiger partial charge is 0.508 e. The summed E-state index contributed by atoms with van der Waals surface area (Å²) in [4.78, 5) is 4.48. The van der Waals surface area contributed by atoms with Gasteiger partial charge in [-0.1, -0.05) is 17.7 Å². The monoisotopic (exact) mass is 274 g/mol. The van der Waals surface area contributed by atoms with E-state index < -0.39 is 0 Å². The predicted octanol–water partition coefficient (Wildman–Crippen LogP) is 3.30. The molecule has 3 aromatic rings. The summed E-state index contributed by atoms with van der Waals surface area (Å²) in [6.07, 6.45) is 0. The highest BCUT2D eigenvalue weighted by molar-refractivity contribution is 6.35. The fourth-order valence-electron chi connectivity index (χ4n) is 2.20. The van der Waals surface area contributed by atoms with Crippen LogP contribution in [-0.4, -0.2) is 19.8 Å². The summed E-state index contributed by atoms with van der Waals surface area (Å²) < 4.78 is 1.84. The molecule has 4 nitrogen and oxygen atoms in total. The van der Waals surface area contributed by atoms with Crippen LogP contribution < -0.4 is 0 Å². The number of aromatic hydroxyl groups is 2. The molecule has 0 aliphatic heterocycles.